The Bertz CT molecular complexity index is 355. The first-order valence-electron chi connectivity index (χ1n) is 6.65. The van der Waals surface area contributed by atoms with Gasteiger partial charge in [-0.15, -0.1) is 0 Å². The van der Waals surface area contributed by atoms with Crippen molar-refractivity contribution in [3.05, 3.63) is 34.9 Å². The number of hydrogen-bond donors (Lipinski definition) is 2. The van der Waals surface area contributed by atoms with Crippen LogP contribution in [-0.4, -0.2) is 17.3 Å². The molecule has 0 radical (unpaired) electrons. The normalized spacial score (nSPS) is 24.9. The molecule has 0 saturated heterocycles. The van der Waals surface area contributed by atoms with Crippen LogP contribution < -0.4 is 5.32 Å². The van der Waals surface area contributed by atoms with Gasteiger partial charge in [0.25, 0.3) is 0 Å². The van der Waals surface area contributed by atoms with Crippen LogP contribution in [0.25, 0.3) is 0 Å². The minimum atomic E-state index is -0.159. The molecule has 2 rings (SSSR count). The van der Waals surface area contributed by atoms with E-state index in [1.54, 1.807) is 0 Å². The van der Waals surface area contributed by atoms with Crippen LogP contribution in [0, 0.1) is 13.8 Å². The first-order chi connectivity index (χ1) is 8.18. The molecule has 1 aromatic rings. The minimum Gasteiger partial charge on any atom is -0.392 e. The second-order valence-electron chi connectivity index (χ2n) is 5.21. The van der Waals surface area contributed by atoms with Crippen molar-refractivity contribution < 1.29 is 5.11 Å². The highest BCUT2D eigenvalue weighted by atomic mass is 16.3. The van der Waals surface area contributed by atoms with E-state index in [2.05, 4.69) is 37.4 Å². The lowest BCUT2D eigenvalue weighted by Crippen LogP contribution is -2.41. The lowest BCUT2D eigenvalue weighted by Gasteiger charge is -2.29. The van der Waals surface area contributed by atoms with Crippen molar-refractivity contribution in [3.8, 4) is 0 Å². The molecule has 0 aromatic heterocycles. The number of aliphatic hydroxyl groups excluding tert-OH is 1. The molecule has 2 heteroatoms. The third kappa shape index (κ3) is 3.08. The third-order valence-electron chi connectivity index (χ3n) is 3.91. The van der Waals surface area contributed by atoms with Gasteiger partial charge in [-0.3, -0.25) is 0 Å². The van der Waals surface area contributed by atoms with Crippen molar-refractivity contribution >= 4 is 0 Å². The molecule has 2 unspecified atom stereocenters. The van der Waals surface area contributed by atoms with Crippen LogP contribution in [-0.2, 0) is 6.54 Å². The van der Waals surface area contributed by atoms with E-state index in [0.717, 1.165) is 19.4 Å². The maximum atomic E-state index is 9.92. The molecule has 0 spiro atoms. The zero-order chi connectivity index (χ0) is 12.3. The van der Waals surface area contributed by atoms with Gasteiger partial charge in [0.05, 0.1) is 6.10 Å². The minimum absolute atomic E-state index is 0.159. The number of nitrogens with one attached hydrogen (secondary N) is 1. The molecule has 94 valence electrons. The Kier molecular flexibility index (Phi) is 4.19. The van der Waals surface area contributed by atoms with Gasteiger partial charge >= 0.3 is 0 Å². The molecule has 0 heterocycles. The number of aryl methyl sites for hydroxylation is 2. The third-order valence-corrected chi connectivity index (χ3v) is 3.91. The molecule has 17 heavy (non-hydrogen) atoms. The summed E-state index contributed by atoms with van der Waals surface area (Å²) in [7, 11) is 0. The Hall–Kier alpha value is -0.860. The monoisotopic (exact) mass is 233 g/mol. The number of aliphatic hydroxyl groups is 1. The average molecular weight is 233 g/mol. The molecule has 1 aromatic carbocycles. The Labute approximate surface area is 104 Å². The Balaban J connectivity index is 1.97. The van der Waals surface area contributed by atoms with E-state index in [1.165, 1.54) is 29.5 Å². The topological polar surface area (TPSA) is 32.3 Å². The number of hydrogen-bond acceptors (Lipinski definition) is 2. The summed E-state index contributed by atoms with van der Waals surface area (Å²) in [5, 5.41) is 13.4. The van der Waals surface area contributed by atoms with Crippen molar-refractivity contribution in [2.45, 2.75) is 58.2 Å². The van der Waals surface area contributed by atoms with Crippen molar-refractivity contribution in [1.82, 2.24) is 5.32 Å². The second kappa shape index (κ2) is 5.65. The summed E-state index contributed by atoms with van der Waals surface area (Å²) >= 11 is 0. The van der Waals surface area contributed by atoms with Crippen LogP contribution in [0.1, 0.15) is 42.4 Å². The van der Waals surface area contributed by atoms with E-state index in [4.69, 9.17) is 0 Å². The molecule has 0 aliphatic heterocycles. The predicted molar refractivity (Wildman–Crippen MR) is 71.0 cm³/mol. The zero-order valence-corrected chi connectivity index (χ0v) is 10.9. The summed E-state index contributed by atoms with van der Waals surface area (Å²) in [6.07, 6.45) is 4.30. The van der Waals surface area contributed by atoms with Gasteiger partial charge in [0.1, 0.15) is 0 Å². The SMILES string of the molecule is Cc1cccc(C)c1CNC1CCCCC1O. The maximum Gasteiger partial charge on any atom is 0.0693 e. The quantitative estimate of drug-likeness (QED) is 0.841. The molecule has 1 aliphatic carbocycles. The van der Waals surface area contributed by atoms with E-state index in [1.807, 2.05) is 0 Å². The van der Waals surface area contributed by atoms with E-state index < -0.39 is 0 Å². The molecule has 1 fully saturated rings. The highest BCUT2D eigenvalue weighted by Crippen LogP contribution is 2.20. The zero-order valence-electron chi connectivity index (χ0n) is 10.9. The predicted octanol–water partition coefficient (Wildman–Crippen LogP) is 2.70. The van der Waals surface area contributed by atoms with Crippen LogP contribution in [0.5, 0.6) is 0 Å². The number of rotatable bonds is 3. The fourth-order valence-electron chi connectivity index (χ4n) is 2.71. The standard InChI is InChI=1S/C15H23NO/c1-11-6-5-7-12(2)13(11)10-16-14-8-3-4-9-15(14)17/h5-7,14-17H,3-4,8-10H2,1-2H3. The molecule has 1 aliphatic rings. The van der Waals surface area contributed by atoms with Gasteiger partial charge in [-0.1, -0.05) is 31.0 Å². The Morgan fingerprint density at radius 2 is 1.82 bits per heavy atom. The fourth-order valence-corrected chi connectivity index (χ4v) is 2.71. The Morgan fingerprint density at radius 1 is 1.18 bits per heavy atom. The fraction of sp³-hybridized carbons (Fsp3) is 0.600. The lowest BCUT2D eigenvalue weighted by atomic mass is 9.92. The second-order valence-corrected chi connectivity index (χ2v) is 5.21. The van der Waals surface area contributed by atoms with Gasteiger partial charge in [-0.25, -0.2) is 0 Å². The summed E-state index contributed by atoms with van der Waals surface area (Å²) in [6.45, 7) is 5.18. The van der Waals surface area contributed by atoms with Crippen molar-refractivity contribution in [1.29, 1.82) is 0 Å². The van der Waals surface area contributed by atoms with Crippen LogP contribution >= 0.6 is 0 Å². The molecular formula is C15H23NO. The van der Waals surface area contributed by atoms with E-state index in [-0.39, 0.29) is 12.1 Å². The van der Waals surface area contributed by atoms with Crippen molar-refractivity contribution in [2.75, 3.05) is 0 Å². The van der Waals surface area contributed by atoms with Crippen LogP contribution in [0.3, 0.4) is 0 Å². The molecule has 2 atom stereocenters. The van der Waals surface area contributed by atoms with Gasteiger partial charge in [0, 0.05) is 12.6 Å². The summed E-state index contributed by atoms with van der Waals surface area (Å²) in [4.78, 5) is 0. The van der Waals surface area contributed by atoms with Crippen molar-refractivity contribution in [2.24, 2.45) is 0 Å². The highest BCUT2D eigenvalue weighted by Gasteiger charge is 2.22. The maximum absolute atomic E-state index is 9.92. The lowest BCUT2D eigenvalue weighted by molar-refractivity contribution is 0.0902. The summed E-state index contributed by atoms with van der Waals surface area (Å²) in [5.74, 6) is 0. The molecule has 2 nitrogen and oxygen atoms in total. The van der Waals surface area contributed by atoms with Gasteiger partial charge < -0.3 is 10.4 Å². The van der Waals surface area contributed by atoms with Gasteiger partial charge in [-0.05, 0) is 43.4 Å². The number of benzene rings is 1. The van der Waals surface area contributed by atoms with Crippen molar-refractivity contribution in [3.63, 3.8) is 0 Å². The van der Waals surface area contributed by atoms with Gasteiger partial charge in [-0.2, -0.15) is 0 Å². The molecule has 0 amide bonds. The summed E-state index contributed by atoms with van der Waals surface area (Å²) < 4.78 is 0. The van der Waals surface area contributed by atoms with Crippen LogP contribution in [0.4, 0.5) is 0 Å². The first-order valence-corrected chi connectivity index (χ1v) is 6.65. The molecule has 0 bridgehead atoms. The van der Waals surface area contributed by atoms with Gasteiger partial charge in [0.15, 0.2) is 0 Å². The van der Waals surface area contributed by atoms with E-state index in [9.17, 15) is 5.11 Å². The van der Waals surface area contributed by atoms with Crippen LogP contribution in [0.2, 0.25) is 0 Å². The molecular weight excluding hydrogens is 210 g/mol. The Morgan fingerprint density at radius 3 is 2.47 bits per heavy atom. The van der Waals surface area contributed by atoms with Crippen LogP contribution in [0.15, 0.2) is 18.2 Å². The molecule has 2 N–H and O–H groups in total. The highest BCUT2D eigenvalue weighted by molar-refractivity contribution is 5.33. The van der Waals surface area contributed by atoms with E-state index in [0.29, 0.717) is 0 Å². The van der Waals surface area contributed by atoms with Gasteiger partial charge in [0.2, 0.25) is 0 Å². The smallest absolute Gasteiger partial charge is 0.0693 e. The summed E-state index contributed by atoms with van der Waals surface area (Å²) in [6, 6.07) is 6.69. The van der Waals surface area contributed by atoms with E-state index >= 15 is 0 Å². The molecule has 1 saturated carbocycles. The first kappa shape index (κ1) is 12.6. The average Bonchev–Trinajstić information content (AvgIpc) is 2.30. The summed E-state index contributed by atoms with van der Waals surface area (Å²) in [5.41, 5.74) is 4.05. The largest absolute Gasteiger partial charge is 0.392 e.